The normalized spacial score (nSPS) is 14.0. The van der Waals surface area contributed by atoms with Gasteiger partial charge >= 0.3 is 5.97 Å². The highest BCUT2D eigenvalue weighted by Gasteiger charge is 2.25. The first kappa shape index (κ1) is 11.3. The van der Waals surface area contributed by atoms with Gasteiger partial charge in [0.15, 0.2) is 0 Å². The van der Waals surface area contributed by atoms with Gasteiger partial charge in [0.25, 0.3) is 5.91 Å². The third-order valence-electron chi connectivity index (χ3n) is 2.71. The van der Waals surface area contributed by atoms with Gasteiger partial charge in [-0.3, -0.25) is 9.59 Å². The molecule has 0 saturated heterocycles. The van der Waals surface area contributed by atoms with Crippen molar-refractivity contribution in [3.63, 3.8) is 0 Å². The van der Waals surface area contributed by atoms with E-state index in [2.05, 4.69) is 10.1 Å². The van der Waals surface area contributed by atoms with Crippen LogP contribution in [-0.2, 0) is 20.7 Å². The molecule has 1 aliphatic rings. The number of esters is 1. The molecule has 0 bridgehead atoms. The molecule has 0 fully saturated rings. The zero-order valence-corrected chi connectivity index (χ0v) is 9.49. The molecule has 1 N–H and O–H groups in total. The number of nitrogens with one attached hydrogen (secondary N) is 1. The van der Waals surface area contributed by atoms with Crippen molar-refractivity contribution in [1.82, 2.24) is 0 Å². The summed E-state index contributed by atoms with van der Waals surface area (Å²) in [5, 5.41) is 2.46. The molecule has 0 unspecified atom stereocenters. The maximum absolute atomic E-state index is 11.5. The fraction of sp³-hybridized carbons (Fsp3) is 0.250. The predicted molar refractivity (Wildman–Crippen MR) is 59.9 cm³/mol. The lowest BCUT2D eigenvalue weighted by molar-refractivity contribution is -0.134. The van der Waals surface area contributed by atoms with Crippen LogP contribution in [0, 0.1) is 6.92 Å². The molecule has 0 radical (unpaired) electrons. The Morgan fingerprint density at radius 3 is 2.71 bits per heavy atom. The van der Waals surface area contributed by atoms with Gasteiger partial charge in [-0.05, 0) is 24.1 Å². The Balaban J connectivity index is 2.50. The minimum absolute atomic E-state index is 0.0729. The number of anilines is 1. The van der Waals surface area contributed by atoms with E-state index in [1.807, 2.05) is 0 Å². The SMILES string of the molecule is COC(=O)c1cc2c(cc1C)CC(=O)C(=O)N2. The third kappa shape index (κ3) is 1.91. The molecular weight excluding hydrogens is 222 g/mol. The second kappa shape index (κ2) is 4.01. The molecule has 1 aromatic rings. The molecule has 5 heteroatoms. The van der Waals surface area contributed by atoms with Crippen molar-refractivity contribution in [1.29, 1.82) is 0 Å². The smallest absolute Gasteiger partial charge is 0.338 e. The molecule has 2 rings (SSSR count). The van der Waals surface area contributed by atoms with Crippen LogP contribution >= 0.6 is 0 Å². The second-order valence-electron chi connectivity index (χ2n) is 3.87. The number of hydrogen-bond acceptors (Lipinski definition) is 4. The van der Waals surface area contributed by atoms with Crippen LogP contribution in [0.25, 0.3) is 0 Å². The van der Waals surface area contributed by atoms with Crippen molar-refractivity contribution in [2.75, 3.05) is 12.4 Å². The van der Waals surface area contributed by atoms with Gasteiger partial charge < -0.3 is 10.1 Å². The van der Waals surface area contributed by atoms with Crippen molar-refractivity contribution >= 4 is 23.3 Å². The largest absolute Gasteiger partial charge is 0.465 e. The number of rotatable bonds is 1. The van der Waals surface area contributed by atoms with Crippen LogP contribution in [0.4, 0.5) is 5.69 Å². The van der Waals surface area contributed by atoms with Crippen molar-refractivity contribution in [3.8, 4) is 0 Å². The Hall–Kier alpha value is -2.17. The van der Waals surface area contributed by atoms with Crippen LogP contribution in [0.5, 0.6) is 0 Å². The van der Waals surface area contributed by atoms with Crippen LogP contribution in [0.15, 0.2) is 12.1 Å². The van der Waals surface area contributed by atoms with Crippen molar-refractivity contribution < 1.29 is 19.1 Å². The van der Waals surface area contributed by atoms with E-state index < -0.39 is 17.7 Å². The maximum Gasteiger partial charge on any atom is 0.338 e. The Morgan fingerprint density at radius 1 is 1.35 bits per heavy atom. The lowest BCUT2D eigenvalue weighted by Crippen LogP contribution is -2.30. The molecule has 1 aliphatic heterocycles. The molecule has 1 aromatic carbocycles. The molecule has 88 valence electrons. The van der Waals surface area contributed by atoms with E-state index in [-0.39, 0.29) is 6.42 Å². The van der Waals surface area contributed by atoms with Gasteiger partial charge in [-0.1, -0.05) is 6.07 Å². The number of carbonyl (C=O) groups excluding carboxylic acids is 3. The highest BCUT2D eigenvalue weighted by molar-refractivity contribution is 6.42. The van der Waals surface area contributed by atoms with Gasteiger partial charge in [0, 0.05) is 12.1 Å². The van der Waals surface area contributed by atoms with Gasteiger partial charge in [0.2, 0.25) is 5.78 Å². The first-order chi connectivity index (χ1) is 8.02. The average Bonchev–Trinajstić information content (AvgIpc) is 2.30. The van der Waals surface area contributed by atoms with Crippen molar-refractivity contribution in [2.24, 2.45) is 0 Å². The average molecular weight is 233 g/mol. The number of amides is 1. The molecule has 0 spiro atoms. The number of Topliss-reactive ketones (excluding diaryl/α,β-unsaturated/α-hetero) is 1. The topological polar surface area (TPSA) is 72.5 Å². The zero-order valence-electron chi connectivity index (χ0n) is 9.49. The Morgan fingerprint density at radius 2 is 2.06 bits per heavy atom. The zero-order chi connectivity index (χ0) is 12.6. The number of ether oxygens (including phenoxy) is 1. The van der Waals surface area contributed by atoms with Gasteiger partial charge in [-0.2, -0.15) is 0 Å². The number of aryl methyl sites for hydroxylation is 1. The van der Waals surface area contributed by atoms with Crippen LogP contribution in [0.1, 0.15) is 21.5 Å². The summed E-state index contributed by atoms with van der Waals surface area (Å²) in [5.74, 6) is -1.57. The van der Waals surface area contributed by atoms with E-state index in [0.29, 0.717) is 11.3 Å². The van der Waals surface area contributed by atoms with E-state index in [1.54, 1.807) is 19.1 Å². The first-order valence-electron chi connectivity index (χ1n) is 5.09. The van der Waals surface area contributed by atoms with Crippen LogP contribution in [0.2, 0.25) is 0 Å². The maximum atomic E-state index is 11.5. The molecule has 0 atom stereocenters. The first-order valence-corrected chi connectivity index (χ1v) is 5.09. The summed E-state index contributed by atoms with van der Waals surface area (Å²) in [7, 11) is 1.29. The van der Waals surface area contributed by atoms with E-state index in [1.165, 1.54) is 7.11 Å². The molecule has 17 heavy (non-hydrogen) atoms. The van der Waals surface area contributed by atoms with E-state index >= 15 is 0 Å². The Labute approximate surface area is 97.8 Å². The minimum atomic E-state index is -0.642. The summed E-state index contributed by atoms with van der Waals surface area (Å²) in [6, 6.07) is 3.26. The fourth-order valence-electron chi connectivity index (χ4n) is 1.81. The molecule has 0 aliphatic carbocycles. The van der Waals surface area contributed by atoms with Crippen LogP contribution in [-0.4, -0.2) is 24.8 Å². The highest BCUT2D eigenvalue weighted by Crippen LogP contribution is 2.25. The summed E-state index contributed by atoms with van der Waals surface area (Å²) in [5.41, 5.74) is 2.33. The number of carbonyl (C=O) groups is 3. The second-order valence-corrected chi connectivity index (χ2v) is 3.87. The summed E-state index contributed by atoms with van der Waals surface area (Å²) in [6.45, 7) is 1.76. The van der Waals surface area contributed by atoms with Crippen LogP contribution in [0.3, 0.4) is 0 Å². The van der Waals surface area contributed by atoms with Gasteiger partial charge in [-0.25, -0.2) is 4.79 Å². The number of hydrogen-bond donors (Lipinski definition) is 1. The molecule has 5 nitrogen and oxygen atoms in total. The summed E-state index contributed by atoms with van der Waals surface area (Å²) in [6.07, 6.45) is 0.0729. The van der Waals surface area contributed by atoms with Crippen molar-refractivity contribution in [2.45, 2.75) is 13.3 Å². The van der Waals surface area contributed by atoms with Crippen molar-refractivity contribution in [3.05, 3.63) is 28.8 Å². The molecule has 0 aromatic heterocycles. The summed E-state index contributed by atoms with van der Waals surface area (Å²) >= 11 is 0. The standard InChI is InChI=1S/C12H11NO4/c1-6-3-7-4-10(14)11(15)13-9(7)5-8(6)12(16)17-2/h3,5H,4H2,1-2H3,(H,13,15). The van der Waals surface area contributed by atoms with E-state index in [0.717, 1.165) is 11.1 Å². The lowest BCUT2D eigenvalue weighted by Gasteiger charge is -2.17. The van der Waals surface area contributed by atoms with Gasteiger partial charge in [0.1, 0.15) is 0 Å². The number of methoxy groups -OCH3 is 1. The van der Waals surface area contributed by atoms with Gasteiger partial charge in [0.05, 0.1) is 12.7 Å². The van der Waals surface area contributed by atoms with Crippen LogP contribution < -0.4 is 5.32 Å². The summed E-state index contributed by atoms with van der Waals surface area (Å²) in [4.78, 5) is 33.9. The number of fused-ring (bicyclic) bond motifs is 1. The Kier molecular flexibility index (Phi) is 2.67. The van der Waals surface area contributed by atoms with E-state index in [4.69, 9.17) is 0 Å². The lowest BCUT2D eigenvalue weighted by atomic mass is 9.96. The monoisotopic (exact) mass is 233 g/mol. The minimum Gasteiger partial charge on any atom is -0.465 e. The molecule has 0 saturated carbocycles. The number of ketones is 1. The predicted octanol–water partition coefficient (Wildman–Crippen LogP) is 0.845. The molecular formula is C12H11NO4. The summed E-state index contributed by atoms with van der Waals surface area (Å²) < 4.78 is 4.64. The number of benzene rings is 1. The van der Waals surface area contributed by atoms with E-state index in [9.17, 15) is 14.4 Å². The molecule has 1 amide bonds. The Bertz CT molecular complexity index is 534. The third-order valence-corrected chi connectivity index (χ3v) is 2.71. The fourth-order valence-corrected chi connectivity index (χ4v) is 1.81. The highest BCUT2D eigenvalue weighted by atomic mass is 16.5. The quantitative estimate of drug-likeness (QED) is 0.576. The molecule has 1 heterocycles. The van der Waals surface area contributed by atoms with Gasteiger partial charge in [-0.15, -0.1) is 0 Å².